The van der Waals surface area contributed by atoms with Crippen LogP contribution in [0.1, 0.15) is 5.56 Å². The van der Waals surface area contributed by atoms with Gasteiger partial charge in [0, 0.05) is 10.7 Å². The molecule has 4 nitrogen and oxygen atoms in total. The number of hydrogen-bond donors (Lipinski definition) is 1. The van der Waals surface area contributed by atoms with Crippen LogP contribution in [0.15, 0.2) is 53.7 Å². The number of carbonyl (C=O) groups excluding carboxylic acids is 1. The van der Waals surface area contributed by atoms with Crippen LogP contribution in [0.4, 0.5) is 10.1 Å². The summed E-state index contributed by atoms with van der Waals surface area (Å²) >= 11 is 5.75. The SMILES string of the molecule is O=C(CO/N=C/c1ccc(Cl)cc1)Nc1ccc(F)cc1. The van der Waals surface area contributed by atoms with Crippen LogP contribution in [0.25, 0.3) is 0 Å². The predicted molar refractivity (Wildman–Crippen MR) is 80.0 cm³/mol. The highest BCUT2D eigenvalue weighted by molar-refractivity contribution is 6.30. The molecular formula is C15H12ClFN2O2. The molecule has 0 fully saturated rings. The number of halogens is 2. The minimum Gasteiger partial charge on any atom is -0.386 e. The number of nitrogens with zero attached hydrogens (tertiary/aromatic N) is 1. The first-order valence-electron chi connectivity index (χ1n) is 6.10. The second-order valence-corrected chi connectivity index (χ2v) is 4.55. The first-order chi connectivity index (χ1) is 10.1. The summed E-state index contributed by atoms with van der Waals surface area (Å²) in [4.78, 5) is 16.4. The zero-order valence-corrected chi connectivity index (χ0v) is 11.7. The molecule has 0 aliphatic rings. The molecule has 1 amide bonds. The Bertz CT molecular complexity index is 627. The van der Waals surface area contributed by atoms with Gasteiger partial charge < -0.3 is 10.2 Å². The van der Waals surface area contributed by atoms with E-state index in [1.54, 1.807) is 24.3 Å². The zero-order chi connectivity index (χ0) is 15.1. The summed E-state index contributed by atoms with van der Waals surface area (Å²) in [5, 5.41) is 6.86. The van der Waals surface area contributed by atoms with Crippen molar-refractivity contribution in [3.05, 3.63) is 64.9 Å². The van der Waals surface area contributed by atoms with E-state index in [1.807, 2.05) is 0 Å². The standard InChI is InChI=1S/C15H12ClFN2O2/c16-12-3-1-11(2-4-12)9-18-21-10-15(20)19-14-7-5-13(17)6-8-14/h1-9H,10H2,(H,19,20)/b18-9+. The molecule has 0 atom stereocenters. The monoisotopic (exact) mass is 306 g/mol. The van der Waals surface area contributed by atoms with E-state index in [0.29, 0.717) is 10.7 Å². The Kier molecular flexibility index (Phi) is 5.29. The first kappa shape index (κ1) is 15.0. The van der Waals surface area contributed by atoms with Crippen LogP contribution in [0.5, 0.6) is 0 Å². The molecule has 0 bridgehead atoms. The van der Waals surface area contributed by atoms with Gasteiger partial charge >= 0.3 is 0 Å². The first-order valence-corrected chi connectivity index (χ1v) is 6.47. The van der Waals surface area contributed by atoms with Crippen molar-refractivity contribution in [1.29, 1.82) is 0 Å². The quantitative estimate of drug-likeness (QED) is 0.679. The lowest BCUT2D eigenvalue weighted by Gasteiger charge is -2.03. The van der Waals surface area contributed by atoms with Gasteiger partial charge in [-0.1, -0.05) is 28.9 Å². The highest BCUT2D eigenvalue weighted by Gasteiger charge is 2.02. The van der Waals surface area contributed by atoms with Crippen LogP contribution in [-0.2, 0) is 9.63 Å². The van der Waals surface area contributed by atoms with Crippen molar-refractivity contribution in [1.82, 2.24) is 0 Å². The smallest absolute Gasteiger partial charge is 0.265 e. The average molecular weight is 307 g/mol. The van der Waals surface area contributed by atoms with Gasteiger partial charge in [0.05, 0.1) is 6.21 Å². The van der Waals surface area contributed by atoms with Crippen LogP contribution in [0, 0.1) is 5.82 Å². The molecule has 1 N–H and O–H groups in total. The Balaban J connectivity index is 1.76. The Morgan fingerprint density at radius 2 is 1.86 bits per heavy atom. The van der Waals surface area contributed by atoms with Gasteiger partial charge in [-0.05, 0) is 42.0 Å². The van der Waals surface area contributed by atoms with Crippen molar-refractivity contribution in [2.75, 3.05) is 11.9 Å². The van der Waals surface area contributed by atoms with Gasteiger partial charge in [-0.3, -0.25) is 4.79 Å². The topological polar surface area (TPSA) is 50.7 Å². The van der Waals surface area contributed by atoms with Crippen LogP contribution < -0.4 is 5.32 Å². The molecule has 0 heterocycles. The van der Waals surface area contributed by atoms with E-state index in [-0.39, 0.29) is 18.3 Å². The third-order valence-corrected chi connectivity index (χ3v) is 2.72. The molecule has 0 aliphatic carbocycles. The molecule has 2 aromatic carbocycles. The van der Waals surface area contributed by atoms with Crippen LogP contribution in [-0.4, -0.2) is 18.7 Å². The molecule has 0 saturated carbocycles. The molecule has 0 unspecified atom stereocenters. The second kappa shape index (κ2) is 7.40. The number of amides is 1. The minimum atomic E-state index is -0.380. The third-order valence-electron chi connectivity index (χ3n) is 2.47. The maximum absolute atomic E-state index is 12.7. The minimum absolute atomic E-state index is 0.235. The van der Waals surface area contributed by atoms with Crippen molar-refractivity contribution >= 4 is 29.4 Å². The van der Waals surface area contributed by atoms with Crippen molar-refractivity contribution in [2.24, 2.45) is 5.16 Å². The Morgan fingerprint density at radius 1 is 1.19 bits per heavy atom. The van der Waals surface area contributed by atoms with Gasteiger partial charge in [0.2, 0.25) is 0 Å². The fourth-order valence-electron chi connectivity index (χ4n) is 1.47. The molecule has 0 spiro atoms. The van der Waals surface area contributed by atoms with Crippen molar-refractivity contribution < 1.29 is 14.0 Å². The van der Waals surface area contributed by atoms with Crippen LogP contribution in [0.3, 0.4) is 0 Å². The Hall–Kier alpha value is -2.40. The largest absolute Gasteiger partial charge is 0.386 e. The summed E-state index contributed by atoms with van der Waals surface area (Å²) in [6.07, 6.45) is 1.47. The number of hydrogen-bond acceptors (Lipinski definition) is 3. The summed E-state index contributed by atoms with van der Waals surface area (Å²) in [5.41, 5.74) is 1.30. The molecule has 2 rings (SSSR count). The normalized spacial score (nSPS) is 10.6. The summed E-state index contributed by atoms with van der Waals surface area (Å²) in [6, 6.07) is 12.4. The fraction of sp³-hybridized carbons (Fsp3) is 0.0667. The number of anilines is 1. The fourth-order valence-corrected chi connectivity index (χ4v) is 1.60. The molecule has 21 heavy (non-hydrogen) atoms. The van der Waals surface area contributed by atoms with E-state index < -0.39 is 0 Å². The highest BCUT2D eigenvalue weighted by Crippen LogP contribution is 2.09. The van der Waals surface area contributed by atoms with Crippen molar-refractivity contribution in [3.8, 4) is 0 Å². The summed E-state index contributed by atoms with van der Waals surface area (Å²) < 4.78 is 12.7. The number of oxime groups is 1. The third kappa shape index (κ3) is 5.24. The summed E-state index contributed by atoms with van der Waals surface area (Å²) in [6.45, 7) is -0.235. The van der Waals surface area contributed by atoms with Gasteiger partial charge in [-0.25, -0.2) is 4.39 Å². The van der Waals surface area contributed by atoms with Crippen molar-refractivity contribution in [2.45, 2.75) is 0 Å². The van der Waals surface area contributed by atoms with Gasteiger partial charge in [0.15, 0.2) is 6.61 Å². The predicted octanol–water partition coefficient (Wildman–Crippen LogP) is 3.47. The number of benzene rings is 2. The van der Waals surface area contributed by atoms with Crippen molar-refractivity contribution in [3.63, 3.8) is 0 Å². The van der Waals surface area contributed by atoms with E-state index >= 15 is 0 Å². The van der Waals surface area contributed by atoms with E-state index in [1.165, 1.54) is 30.5 Å². The maximum atomic E-state index is 12.7. The second-order valence-electron chi connectivity index (χ2n) is 4.11. The van der Waals surface area contributed by atoms with Crippen LogP contribution in [0.2, 0.25) is 5.02 Å². The zero-order valence-electron chi connectivity index (χ0n) is 10.9. The molecule has 0 aromatic heterocycles. The van der Waals surface area contributed by atoms with E-state index in [9.17, 15) is 9.18 Å². The van der Waals surface area contributed by atoms with E-state index in [0.717, 1.165) is 5.56 Å². The summed E-state index contributed by atoms with van der Waals surface area (Å²) in [5.74, 6) is -0.744. The highest BCUT2D eigenvalue weighted by atomic mass is 35.5. The van der Waals surface area contributed by atoms with E-state index in [2.05, 4.69) is 10.5 Å². The molecule has 2 aromatic rings. The molecule has 6 heteroatoms. The number of carbonyl (C=O) groups is 1. The lowest BCUT2D eigenvalue weighted by molar-refractivity contribution is -0.120. The maximum Gasteiger partial charge on any atom is 0.265 e. The van der Waals surface area contributed by atoms with Gasteiger partial charge in [-0.2, -0.15) is 0 Å². The van der Waals surface area contributed by atoms with Gasteiger partial charge in [-0.15, -0.1) is 0 Å². The molecular weight excluding hydrogens is 295 g/mol. The number of rotatable bonds is 5. The Morgan fingerprint density at radius 3 is 2.52 bits per heavy atom. The molecule has 108 valence electrons. The Labute approximate surface area is 126 Å². The molecule has 0 aliphatic heterocycles. The van der Waals surface area contributed by atoms with Gasteiger partial charge in [0.1, 0.15) is 5.82 Å². The lowest BCUT2D eigenvalue weighted by Crippen LogP contribution is -2.16. The van der Waals surface area contributed by atoms with Crippen LogP contribution >= 0.6 is 11.6 Å². The summed E-state index contributed by atoms with van der Waals surface area (Å²) in [7, 11) is 0. The average Bonchev–Trinajstić information content (AvgIpc) is 2.48. The lowest BCUT2D eigenvalue weighted by atomic mass is 10.2. The number of nitrogens with one attached hydrogen (secondary N) is 1. The molecule has 0 saturated heterocycles. The molecule has 0 radical (unpaired) electrons. The van der Waals surface area contributed by atoms with E-state index in [4.69, 9.17) is 16.4 Å². The van der Waals surface area contributed by atoms with Gasteiger partial charge in [0.25, 0.3) is 5.91 Å².